The maximum Gasteiger partial charge on any atom is 0.169 e. The van der Waals surface area contributed by atoms with Crippen LogP contribution < -0.4 is 5.73 Å². The smallest absolute Gasteiger partial charge is 0.169 e. The van der Waals surface area contributed by atoms with E-state index >= 15 is 0 Å². The van der Waals surface area contributed by atoms with Gasteiger partial charge in [0, 0.05) is 17.4 Å². The molecule has 2 N–H and O–H groups in total. The molecule has 2 aromatic carbocycles. The monoisotopic (exact) mass is 470 g/mol. The molecule has 0 atom stereocenters. The molecule has 0 aliphatic heterocycles. The predicted molar refractivity (Wildman–Crippen MR) is 142 cm³/mol. The fourth-order valence-electron chi connectivity index (χ4n) is 3.52. The number of hydrogen-bond acceptors (Lipinski definition) is 5. The summed E-state index contributed by atoms with van der Waals surface area (Å²) in [5, 5.41) is 0. The molecule has 0 unspecified atom stereocenters. The van der Waals surface area contributed by atoms with Gasteiger partial charge in [0.2, 0.25) is 0 Å². The Bertz CT molecular complexity index is 1380. The van der Waals surface area contributed by atoms with Gasteiger partial charge in [-0.25, -0.2) is 24.3 Å². The fourth-order valence-corrected chi connectivity index (χ4v) is 3.52. The van der Waals surface area contributed by atoms with E-state index in [0.717, 1.165) is 17.7 Å². The van der Waals surface area contributed by atoms with E-state index in [9.17, 15) is 4.39 Å². The molecule has 0 saturated heterocycles. The second kappa shape index (κ2) is 11.8. The van der Waals surface area contributed by atoms with Crippen molar-refractivity contribution in [3.8, 4) is 28.5 Å². The van der Waals surface area contributed by atoms with E-state index in [-0.39, 0.29) is 5.82 Å². The molecule has 0 aliphatic carbocycles. The molecule has 180 valence electrons. The SMILES string of the molecule is CC.CC.CCc1ccc(-n2c(-c3cccnc3N)nc3cnc(-c4ccc(F)cc4)nc32)cc1. The number of nitrogens with two attached hydrogens (primary N) is 1. The van der Waals surface area contributed by atoms with Crippen LogP contribution in [0.25, 0.3) is 39.6 Å². The van der Waals surface area contributed by atoms with E-state index in [1.54, 1.807) is 24.5 Å². The van der Waals surface area contributed by atoms with Crippen molar-refractivity contribution in [2.75, 3.05) is 5.73 Å². The summed E-state index contributed by atoms with van der Waals surface area (Å²) in [6.07, 6.45) is 4.27. The minimum absolute atomic E-state index is 0.305. The number of hydrogen-bond donors (Lipinski definition) is 1. The lowest BCUT2D eigenvalue weighted by atomic mass is 10.1. The molecule has 3 heterocycles. The third-order valence-electron chi connectivity index (χ3n) is 5.18. The minimum Gasteiger partial charge on any atom is -0.383 e. The summed E-state index contributed by atoms with van der Waals surface area (Å²) >= 11 is 0. The van der Waals surface area contributed by atoms with Crippen LogP contribution in [0.1, 0.15) is 40.2 Å². The Balaban J connectivity index is 0.000000815. The molecule has 35 heavy (non-hydrogen) atoms. The van der Waals surface area contributed by atoms with Gasteiger partial charge in [0.25, 0.3) is 0 Å². The van der Waals surface area contributed by atoms with Crippen LogP contribution in [0.5, 0.6) is 0 Å². The molecule has 5 aromatic rings. The number of fused-ring (bicyclic) bond motifs is 1. The Labute approximate surface area is 205 Å². The highest BCUT2D eigenvalue weighted by molar-refractivity contribution is 5.83. The number of imidazole rings is 1. The van der Waals surface area contributed by atoms with E-state index < -0.39 is 0 Å². The first kappa shape index (κ1) is 25.5. The summed E-state index contributed by atoms with van der Waals surface area (Å²) < 4.78 is 15.3. The Hall–Kier alpha value is -4.13. The highest BCUT2D eigenvalue weighted by atomic mass is 19.1. The standard InChI is InChI=1S/C24H19FN6.2C2H6/c1-2-15-5-11-18(12-6-15)31-23(19-4-3-13-27-21(19)26)29-20-14-28-22(30-24(20)31)16-7-9-17(25)10-8-16;2*1-2/h3-14H,2H2,1H3,(H2,26,27);2*1-2H3. The highest BCUT2D eigenvalue weighted by Crippen LogP contribution is 2.31. The zero-order chi connectivity index (χ0) is 25.4. The Morgan fingerprint density at radius 2 is 1.54 bits per heavy atom. The molecule has 6 nitrogen and oxygen atoms in total. The number of rotatable bonds is 4. The van der Waals surface area contributed by atoms with Crippen LogP contribution in [0.15, 0.2) is 73.1 Å². The van der Waals surface area contributed by atoms with E-state index in [2.05, 4.69) is 29.0 Å². The average molecular weight is 471 g/mol. The molecule has 0 aliphatic rings. The maximum atomic E-state index is 13.4. The maximum absolute atomic E-state index is 13.4. The van der Waals surface area contributed by atoms with Crippen LogP contribution >= 0.6 is 0 Å². The topological polar surface area (TPSA) is 82.5 Å². The molecule has 5 rings (SSSR count). The van der Waals surface area contributed by atoms with Crippen LogP contribution in [-0.4, -0.2) is 24.5 Å². The van der Waals surface area contributed by atoms with Gasteiger partial charge in [0.05, 0.1) is 11.8 Å². The first-order valence-corrected chi connectivity index (χ1v) is 12.0. The zero-order valence-electron chi connectivity index (χ0n) is 20.8. The van der Waals surface area contributed by atoms with Crippen LogP contribution in [0, 0.1) is 5.82 Å². The van der Waals surface area contributed by atoms with Crippen LogP contribution in [-0.2, 0) is 6.42 Å². The average Bonchev–Trinajstić information content (AvgIpc) is 3.30. The molecule has 3 aromatic heterocycles. The molecular formula is C28H31FN6. The summed E-state index contributed by atoms with van der Waals surface area (Å²) in [5.41, 5.74) is 11.0. The molecule has 0 radical (unpaired) electrons. The molecule has 0 amide bonds. The summed E-state index contributed by atoms with van der Waals surface area (Å²) in [7, 11) is 0. The van der Waals surface area contributed by atoms with Gasteiger partial charge in [-0.15, -0.1) is 0 Å². The van der Waals surface area contributed by atoms with E-state index in [0.29, 0.717) is 34.2 Å². The number of aryl methyl sites for hydroxylation is 1. The molecule has 7 heteroatoms. The third-order valence-corrected chi connectivity index (χ3v) is 5.18. The first-order valence-electron chi connectivity index (χ1n) is 12.0. The van der Waals surface area contributed by atoms with Gasteiger partial charge in [-0.1, -0.05) is 46.8 Å². The summed E-state index contributed by atoms with van der Waals surface area (Å²) in [6.45, 7) is 10.1. The Kier molecular flexibility index (Phi) is 8.62. The van der Waals surface area contributed by atoms with Crippen LogP contribution in [0.2, 0.25) is 0 Å². The number of halogens is 1. The van der Waals surface area contributed by atoms with Crippen molar-refractivity contribution in [1.82, 2.24) is 24.5 Å². The number of anilines is 1. The first-order chi connectivity index (χ1) is 17.1. The second-order valence-corrected chi connectivity index (χ2v) is 7.14. The third kappa shape index (κ3) is 5.35. The number of pyridine rings is 1. The number of nitrogens with zero attached hydrogens (tertiary/aromatic N) is 5. The fraction of sp³-hybridized carbons (Fsp3) is 0.214. The molecular weight excluding hydrogens is 439 g/mol. The van der Waals surface area contributed by atoms with Crippen molar-refractivity contribution in [2.24, 2.45) is 0 Å². The largest absolute Gasteiger partial charge is 0.383 e. The van der Waals surface area contributed by atoms with Crippen LogP contribution in [0.3, 0.4) is 0 Å². The van der Waals surface area contributed by atoms with E-state index in [4.69, 9.17) is 15.7 Å². The van der Waals surface area contributed by atoms with Gasteiger partial charge >= 0.3 is 0 Å². The molecule has 0 saturated carbocycles. The van der Waals surface area contributed by atoms with Gasteiger partial charge < -0.3 is 5.73 Å². The number of nitrogen functional groups attached to an aromatic ring is 1. The highest BCUT2D eigenvalue weighted by Gasteiger charge is 2.19. The summed E-state index contributed by atoms with van der Waals surface area (Å²) in [6, 6.07) is 18.1. The van der Waals surface area contributed by atoms with Gasteiger partial charge in [-0.3, -0.25) is 4.57 Å². The van der Waals surface area contributed by atoms with Gasteiger partial charge in [0.1, 0.15) is 17.2 Å². The molecule has 0 bridgehead atoms. The second-order valence-electron chi connectivity index (χ2n) is 7.14. The summed E-state index contributed by atoms with van der Waals surface area (Å²) in [4.78, 5) is 18.2. The Morgan fingerprint density at radius 1 is 0.857 bits per heavy atom. The van der Waals surface area contributed by atoms with Crippen molar-refractivity contribution in [1.29, 1.82) is 0 Å². The van der Waals surface area contributed by atoms with Crippen molar-refractivity contribution < 1.29 is 4.39 Å². The lowest BCUT2D eigenvalue weighted by Crippen LogP contribution is -2.02. The minimum atomic E-state index is -0.305. The number of aromatic nitrogens is 5. The van der Waals surface area contributed by atoms with E-state index in [1.165, 1.54) is 17.7 Å². The normalized spacial score (nSPS) is 10.2. The number of benzene rings is 2. The predicted octanol–water partition coefficient (Wildman–Crippen LogP) is 6.88. The molecule has 0 spiro atoms. The molecule has 0 fully saturated rings. The summed E-state index contributed by atoms with van der Waals surface area (Å²) in [5.74, 6) is 1.20. The van der Waals surface area contributed by atoms with E-state index in [1.807, 2.05) is 56.5 Å². The van der Waals surface area contributed by atoms with Gasteiger partial charge in [-0.05, 0) is 60.5 Å². The van der Waals surface area contributed by atoms with Crippen molar-refractivity contribution in [3.05, 3.63) is 84.4 Å². The lowest BCUT2D eigenvalue weighted by Gasteiger charge is -2.11. The van der Waals surface area contributed by atoms with Crippen LogP contribution in [0.4, 0.5) is 10.2 Å². The van der Waals surface area contributed by atoms with Gasteiger partial charge in [-0.2, -0.15) is 0 Å². The van der Waals surface area contributed by atoms with Crippen molar-refractivity contribution in [3.63, 3.8) is 0 Å². The zero-order valence-corrected chi connectivity index (χ0v) is 20.8. The Morgan fingerprint density at radius 3 is 2.17 bits per heavy atom. The van der Waals surface area contributed by atoms with Gasteiger partial charge in [0.15, 0.2) is 17.3 Å². The quantitative estimate of drug-likeness (QED) is 0.309. The van der Waals surface area contributed by atoms with Crippen molar-refractivity contribution >= 4 is 17.0 Å². The lowest BCUT2D eigenvalue weighted by molar-refractivity contribution is 0.628. The van der Waals surface area contributed by atoms with Crippen molar-refractivity contribution in [2.45, 2.75) is 41.0 Å².